The summed E-state index contributed by atoms with van der Waals surface area (Å²) < 4.78 is 0. The van der Waals surface area contributed by atoms with Crippen LogP contribution in [0, 0.1) is 0 Å². The molecule has 102 valence electrons. The molecule has 0 aromatic heterocycles. The maximum absolute atomic E-state index is 11.9. The summed E-state index contributed by atoms with van der Waals surface area (Å²) in [4.78, 5) is 13.5. The zero-order chi connectivity index (χ0) is 12.8. The quantitative estimate of drug-likeness (QED) is 0.906. The van der Waals surface area contributed by atoms with Crippen LogP contribution in [0.1, 0.15) is 5.56 Å². The highest BCUT2D eigenvalue weighted by molar-refractivity contribution is 6.35. The minimum Gasteiger partial charge on any atom is -0.344 e. The van der Waals surface area contributed by atoms with Crippen LogP contribution in [-0.2, 0) is 11.2 Å². The largest absolute Gasteiger partial charge is 0.344 e. The van der Waals surface area contributed by atoms with Gasteiger partial charge in [0.15, 0.2) is 0 Å². The van der Waals surface area contributed by atoms with Gasteiger partial charge < -0.3 is 10.2 Å². The lowest BCUT2D eigenvalue weighted by molar-refractivity contribution is -0.129. The van der Waals surface area contributed by atoms with Gasteiger partial charge in [0.25, 0.3) is 0 Å². The van der Waals surface area contributed by atoms with Crippen LogP contribution in [0.5, 0.6) is 0 Å². The Kier molecular flexibility index (Phi) is 8.36. The molecule has 0 bridgehead atoms. The van der Waals surface area contributed by atoms with Gasteiger partial charge in [-0.15, -0.1) is 12.4 Å². The molecule has 0 aliphatic rings. The number of amides is 1. The smallest absolute Gasteiger partial charge is 0.226 e. The minimum atomic E-state index is 0. The molecule has 18 heavy (non-hydrogen) atoms. The predicted molar refractivity (Wildman–Crippen MR) is 79.0 cm³/mol. The fourth-order valence-electron chi connectivity index (χ4n) is 1.37. The number of carbonyl (C=O) groups is 1. The van der Waals surface area contributed by atoms with E-state index in [4.69, 9.17) is 23.2 Å². The Labute approximate surface area is 124 Å². The molecule has 0 aliphatic heterocycles. The summed E-state index contributed by atoms with van der Waals surface area (Å²) in [6, 6.07) is 5.18. The number of benzene rings is 1. The third-order valence-electron chi connectivity index (χ3n) is 2.48. The highest BCUT2D eigenvalue weighted by atomic mass is 35.5. The first-order valence-electron chi connectivity index (χ1n) is 5.37. The highest BCUT2D eigenvalue weighted by Crippen LogP contribution is 2.21. The number of rotatable bonds is 5. The van der Waals surface area contributed by atoms with E-state index in [1.807, 2.05) is 7.05 Å². The van der Waals surface area contributed by atoms with Crippen LogP contribution in [0.25, 0.3) is 0 Å². The molecule has 1 aromatic carbocycles. The number of halogens is 3. The third-order valence-corrected chi connectivity index (χ3v) is 3.07. The summed E-state index contributed by atoms with van der Waals surface area (Å²) >= 11 is 11.8. The van der Waals surface area contributed by atoms with Gasteiger partial charge in [0, 0.05) is 30.2 Å². The Morgan fingerprint density at radius 3 is 2.61 bits per heavy atom. The Morgan fingerprint density at radius 2 is 2.06 bits per heavy atom. The van der Waals surface area contributed by atoms with Crippen molar-refractivity contribution in [3.05, 3.63) is 33.8 Å². The van der Waals surface area contributed by atoms with Crippen molar-refractivity contribution < 1.29 is 4.79 Å². The molecule has 0 saturated heterocycles. The maximum atomic E-state index is 11.9. The normalized spacial score (nSPS) is 9.78. The summed E-state index contributed by atoms with van der Waals surface area (Å²) in [7, 11) is 3.64. The number of nitrogens with zero attached hydrogens (tertiary/aromatic N) is 1. The standard InChI is InChI=1S/C12H16Cl2N2O.ClH/c1-15-5-6-16(2)12(17)7-9-3-4-10(13)8-11(9)14;/h3-4,8,15H,5-7H2,1-2H3;1H. The van der Waals surface area contributed by atoms with Gasteiger partial charge in [0.2, 0.25) is 5.91 Å². The summed E-state index contributed by atoms with van der Waals surface area (Å²) in [6.07, 6.45) is 0.302. The van der Waals surface area contributed by atoms with Crippen molar-refractivity contribution in [3.63, 3.8) is 0 Å². The summed E-state index contributed by atoms with van der Waals surface area (Å²) in [5.41, 5.74) is 0.803. The average Bonchev–Trinajstić information content (AvgIpc) is 2.29. The molecule has 0 spiro atoms. The van der Waals surface area contributed by atoms with Crippen molar-refractivity contribution >= 4 is 41.5 Å². The molecule has 1 N–H and O–H groups in total. The first kappa shape index (κ1) is 17.5. The van der Waals surface area contributed by atoms with Gasteiger partial charge in [-0.2, -0.15) is 0 Å². The van der Waals surface area contributed by atoms with Crippen molar-refractivity contribution in [1.29, 1.82) is 0 Å². The lowest BCUT2D eigenvalue weighted by atomic mass is 10.1. The zero-order valence-corrected chi connectivity index (χ0v) is 12.7. The predicted octanol–water partition coefficient (Wildman–Crippen LogP) is 2.64. The number of carbonyl (C=O) groups excluding carboxylic acids is 1. The second kappa shape index (κ2) is 8.59. The highest BCUT2D eigenvalue weighted by Gasteiger charge is 2.11. The van der Waals surface area contributed by atoms with Crippen LogP contribution in [0.15, 0.2) is 18.2 Å². The molecule has 0 saturated carbocycles. The van der Waals surface area contributed by atoms with E-state index in [0.717, 1.165) is 12.1 Å². The lowest BCUT2D eigenvalue weighted by Crippen LogP contribution is -2.33. The molecule has 1 amide bonds. The molecule has 0 fully saturated rings. The van der Waals surface area contributed by atoms with E-state index in [2.05, 4.69) is 5.32 Å². The van der Waals surface area contributed by atoms with Crippen molar-refractivity contribution in [2.24, 2.45) is 0 Å². The number of hydrogen-bond donors (Lipinski definition) is 1. The molecule has 6 heteroatoms. The van der Waals surface area contributed by atoms with Crippen LogP contribution in [0.3, 0.4) is 0 Å². The number of nitrogens with one attached hydrogen (secondary N) is 1. The zero-order valence-electron chi connectivity index (χ0n) is 10.4. The maximum Gasteiger partial charge on any atom is 0.226 e. The molecule has 1 aromatic rings. The fourth-order valence-corrected chi connectivity index (χ4v) is 1.84. The molecular weight excluding hydrogens is 295 g/mol. The third kappa shape index (κ3) is 5.44. The number of hydrogen-bond acceptors (Lipinski definition) is 2. The first-order valence-corrected chi connectivity index (χ1v) is 6.12. The Balaban J connectivity index is 0.00000289. The summed E-state index contributed by atoms with van der Waals surface area (Å²) in [5, 5.41) is 4.11. The SMILES string of the molecule is CNCCN(C)C(=O)Cc1ccc(Cl)cc1Cl.Cl. The van der Waals surface area contributed by atoms with E-state index in [-0.39, 0.29) is 18.3 Å². The van der Waals surface area contributed by atoms with Gasteiger partial charge in [-0.25, -0.2) is 0 Å². The van der Waals surface area contributed by atoms with Crippen molar-refractivity contribution in [2.75, 3.05) is 27.2 Å². The van der Waals surface area contributed by atoms with Gasteiger partial charge in [-0.1, -0.05) is 29.3 Å². The molecular formula is C12H17Cl3N2O. The van der Waals surface area contributed by atoms with Crippen LogP contribution < -0.4 is 5.32 Å². The van der Waals surface area contributed by atoms with Crippen LogP contribution in [-0.4, -0.2) is 38.0 Å². The van der Waals surface area contributed by atoms with Gasteiger partial charge >= 0.3 is 0 Å². The fraction of sp³-hybridized carbons (Fsp3) is 0.417. The Bertz CT molecular complexity index is 399. The van der Waals surface area contributed by atoms with Crippen molar-refractivity contribution in [3.8, 4) is 0 Å². The van der Waals surface area contributed by atoms with Crippen molar-refractivity contribution in [1.82, 2.24) is 10.2 Å². The average molecular weight is 312 g/mol. The molecule has 0 radical (unpaired) electrons. The van der Waals surface area contributed by atoms with Crippen LogP contribution >= 0.6 is 35.6 Å². The summed E-state index contributed by atoms with van der Waals surface area (Å²) in [6.45, 7) is 1.46. The van der Waals surface area contributed by atoms with E-state index in [1.54, 1.807) is 30.1 Å². The van der Waals surface area contributed by atoms with Gasteiger partial charge in [0.05, 0.1) is 6.42 Å². The lowest BCUT2D eigenvalue weighted by Gasteiger charge is -2.17. The van der Waals surface area contributed by atoms with Crippen LogP contribution in [0.4, 0.5) is 0 Å². The van der Waals surface area contributed by atoms with E-state index >= 15 is 0 Å². The second-order valence-corrected chi connectivity index (χ2v) is 4.67. The van der Waals surface area contributed by atoms with Gasteiger partial charge in [-0.05, 0) is 24.7 Å². The molecule has 0 heterocycles. The first-order chi connectivity index (χ1) is 8.04. The topological polar surface area (TPSA) is 32.3 Å². The van der Waals surface area contributed by atoms with E-state index in [1.165, 1.54) is 0 Å². The molecule has 0 atom stereocenters. The molecule has 0 unspecified atom stereocenters. The Morgan fingerprint density at radius 1 is 1.39 bits per heavy atom. The van der Waals surface area contributed by atoms with E-state index in [9.17, 15) is 4.79 Å². The van der Waals surface area contributed by atoms with E-state index in [0.29, 0.717) is 23.0 Å². The molecule has 3 nitrogen and oxygen atoms in total. The van der Waals surface area contributed by atoms with E-state index < -0.39 is 0 Å². The van der Waals surface area contributed by atoms with Gasteiger partial charge in [-0.3, -0.25) is 4.79 Å². The molecule has 1 rings (SSSR count). The second-order valence-electron chi connectivity index (χ2n) is 3.83. The van der Waals surface area contributed by atoms with Crippen molar-refractivity contribution in [2.45, 2.75) is 6.42 Å². The van der Waals surface area contributed by atoms with Crippen LogP contribution in [0.2, 0.25) is 10.0 Å². The Hall–Kier alpha value is -0.480. The monoisotopic (exact) mass is 310 g/mol. The number of likely N-dealkylation sites (N-methyl/N-ethyl adjacent to an activating group) is 2. The summed E-state index contributed by atoms with van der Waals surface area (Å²) in [5.74, 6) is 0.0458. The van der Waals surface area contributed by atoms with Gasteiger partial charge in [0.1, 0.15) is 0 Å². The molecule has 0 aliphatic carbocycles. The minimum absolute atomic E-state index is 0.